The van der Waals surface area contributed by atoms with Crippen molar-refractivity contribution in [2.45, 2.75) is 57.6 Å². The van der Waals surface area contributed by atoms with Gasteiger partial charge in [-0.1, -0.05) is 0 Å². The van der Waals surface area contributed by atoms with E-state index in [-0.39, 0.29) is 12.1 Å². The number of rotatable bonds is 6. The number of nitrogens with zero attached hydrogens (tertiary/aromatic N) is 3. The van der Waals surface area contributed by atoms with Gasteiger partial charge in [0.1, 0.15) is 0 Å². The molecule has 132 valence electrons. The lowest BCUT2D eigenvalue weighted by Crippen LogP contribution is -2.45. The Morgan fingerprint density at radius 3 is 2.96 bits per heavy atom. The summed E-state index contributed by atoms with van der Waals surface area (Å²) in [6, 6.07) is 0.388. The van der Waals surface area contributed by atoms with E-state index in [1.165, 1.54) is 25.7 Å². The second-order valence-corrected chi connectivity index (χ2v) is 7.70. The Kier molecular flexibility index (Phi) is 4.48. The number of ether oxygens (including phenoxy) is 1. The van der Waals surface area contributed by atoms with Crippen LogP contribution >= 0.6 is 0 Å². The number of piperidine rings is 1. The first-order valence-electron chi connectivity index (χ1n) is 9.40. The molecule has 0 bridgehead atoms. The monoisotopic (exact) mass is 332 g/mol. The molecule has 3 aliphatic rings. The van der Waals surface area contributed by atoms with Gasteiger partial charge in [0.15, 0.2) is 0 Å². The summed E-state index contributed by atoms with van der Waals surface area (Å²) < 4.78 is 7.95. The number of nitrogens with one attached hydrogen (secondary N) is 1. The average Bonchev–Trinajstić information content (AvgIpc) is 3.51. The van der Waals surface area contributed by atoms with Crippen LogP contribution in [0.3, 0.4) is 0 Å². The molecule has 4 rings (SSSR count). The van der Waals surface area contributed by atoms with E-state index in [1.54, 1.807) is 6.20 Å². The Morgan fingerprint density at radius 1 is 1.38 bits per heavy atom. The summed E-state index contributed by atoms with van der Waals surface area (Å²) in [7, 11) is 0. The van der Waals surface area contributed by atoms with Gasteiger partial charge in [0.05, 0.1) is 24.0 Å². The van der Waals surface area contributed by atoms with E-state index >= 15 is 0 Å². The van der Waals surface area contributed by atoms with Crippen LogP contribution in [0.5, 0.6) is 0 Å². The molecule has 1 aromatic heterocycles. The fraction of sp³-hybridized carbons (Fsp3) is 0.778. The summed E-state index contributed by atoms with van der Waals surface area (Å²) in [5.74, 6) is 1.52. The summed E-state index contributed by atoms with van der Waals surface area (Å²) in [4.78, 5) is 14.4. The summed E-state index contributed by atoms with van der Waals surface area (Å²) in [6.45, 7) is 4.57. The lowest BCUT2D eigenvalue weighted by atomic mass is 10.1. The third-order valence-corrected chi connectivity index (χ3v) is 5.50. The summed E-state index contributed by atoms with van der Waals surface area (Å²) in [5.41, 5.74) is 0.786. The van der Waals surface area contributed by atoms with E-state index in [1.807, 2.05) is 15.8 Å². The first kappa shape index (κ1) is 15.9. The minimum absolute atomic E-state index is 0.0339. The van der Waals surface area contributed by atoms with Crippen molar-refractivity contribution < 1.29 is 9.53 Å². The number of hydrogen-bond acceptors (Lipinski definition) is 3. The van der Waals surface area contributed by atoms with Gasteiger partial charge in [-0.15, -0.1) is 0 Å². The number of carbonyl (C=O) groups excluding carboxylic acids is 1. The predicted molar refractivity (Wildman–Crippen MR) is 92.0 cm³/mol. The largest absolute Gasteiger partial charge is 0.376 e. The van der Waals surface area contributed by atoms with Gasteiger partial charge in [0.2, 0.25) is 0 Å². The highest BCUT2D eigenvalue weighted by molar-refractivity contribution is 5.89. The highest BCUT2D eigenvalue weighted by atomic mass is 16.5. The highest BCUT2D eigenvalue weighted by Crippen LogP contribution is 2.39. The standard InChI is InChI=1S/C18H28N4O2/c1-13(15-6-7-15)22-10-16(9-19-22)20-18(23)21-8-2-3-17(11-21)24-12-14-4-5-14/h9-10,13-15,17H,2-8,11-12H2,1H3,(H,20,23)/t13-,17+/m0/s1. The van der Waals surface area contributed by atoms with Crippen molar-refractivity contribution in [3.05, 3.63) is 12.4 Å². The molecule has 2 atom stereocenters. The zero-order chi connectivity index (χ0) is 16.5. The third kappa shape index (κ3) is 3.91. The average molecular weight is 332 g/mol. The van der Waals surface area contributed by atoms with Crippen LogP contribution in [-0.2, 0) is 4.74 Å². The summed E-state index contributed by atoms with van der Waals surface area (Å²) in [5, 5.41) is 7.40. The van der Waals surface area contributed by atoms with Crippen molar-refractivity contribution in [3.63, 3.8) is 0 Å². The van der Waals surface area contributed by atoms with E-state index in [2.05, 4.69) is 17.3 Å². The minimum Gasteiger partial charge on any atom is -0.376 e. The van der Waals surface area contributed by atoms with Crippen LogP contribution in [0.1, 0.15) is 51.5 Å². The number of anilines is 1. The van der Waals surface area contributed by atoms with Crippen LogP contribution in [0.2, 0.25) is 0 Å². The number of hydrogen-bond donors (Lipinski definition) is 1. The Bertz CT molecular complexity index is 579. The Hall–Kier alpha value is -1.56. The zero-order valence-electron chi connectivity index (χ0n) is 14.5. The van der Waals surface area contributed by atoms with Gasteiger partial charge >= 0.3 is 6.03 Å². The normalized spacial score (nSPS) is 25.5. The molecule has 0 unspecified atom stereocenters. The molecule has 2 aliphatic carbocycles. The van der Waals surface area contributed by atoms with Crippen LogP contribution in [0.25, 0.3) is 0 Å². The van der Waals surface area contributed by atoms with Crippen LogP contribution in [-0.4, -0.2) is 46.5 Å². The topological polar surface area (TPSA) is 59.4 Å². The maximum Gasteiger partial charge on any atom is 0.322 e. The van der Waals surface area contributed by atoms with E-state index in [0.29, 0.717) is 12.6 Å². The molecule has 6 nitrogen and oxygen atoms in total. The second kappa shape index (κ2) is 6.75. The molecule has 1 aliphatic heterocycles. The first-order chi connectivity index (χ1) is 11.7. The Balaban J connectivity index is 1.28. The van der Waals surface area contributed by atoms with Gasteiger partial charge < -0.3 is 15.0 Å². The fourth-order valence-electron chi connectivity index (χ4n) is 3.44. The molecule has 2 amide bonds. The molecular weight excluding hydrogens is 304 g/mol. The van der Waals surface area contributed by atoms with Crippen molar-refractivity contribution in [1.29, 1.82) is 0 Å². The zero-order valence-corrected chi connectivity index (χ0v) is 14.5. The molecule has 0 aromatic carbocycles. The van der Waals surface area contributed by atoms with Crippen molar-refractivity contribution in [1.82, 2.24) is 14.7 Å². The fourth-order valence-corrected chi connectivity index (χ4v) is 3.44. The highest BCUT2D eigenvalue weighted by Gasteiger charge is 2.30. The number of aromatic nitrogens is 2. The number of carbonyl (C=O) groups is 1. The van der Waals surface area contributed by atoms with E-state index in [4.69, 9.17) is 4.74 Å². The SMILES string of the molecule is C[C@@H](C1CC1)n1cc(NC(=O)N2CCC[C@@H](OCC3CC3)C2)cn1. The quantitative estimate of drug-likeness (QED) is 0.870. The lowest BCUT2D eigenvalue weighted by Gasteiger charge is -2.32. The van der Waals surface area contributed by atoms with E-state index in [0.717, 1.165) is 43.5 Å². The smallest absolute Gasteiger partial charge is 0.322 e. The van der Waals surface area contributed by atoms with Gasteiger partial charge in [-0.25, -0.2) is 4.79 Å². The van der Waals surface area contributed by atoms with Gasteiger partial charge in [0, 0.05) is 25.9 Å². The van der Waals surface area contributed by atoms with Crippen molar-refractivity contribution in [3.8, 4) is 0 Å². The summed E-state index contributed by atoms with van der Waals surface area (Å²) in [6.07, 6.45) is 11.2. The minimum atomic E-state index is -0.0339. The van der Waals surface area contributed by atoms with Crippen LogP contribution in [0.4, 0.5) is 10.5 Å². The predicted octanol–water partition coefficient (Wildman–Crippen LogP) is 3.28. The molecule has 2 heterocycles. The number of urea groups is 1. The van der Waals surface area contributed by atoms with Gasteiger partial charge in [-0.2, -0.15) is 5.10 Å². The van der Waals surface area contributed by atoms with Crippen LogP contribution in [0, 0.1) is 11.8 Å². The molecule has 2 saturated carbocycles. The maximum absolute atomic E-state index is 12.5. The molecule has 1 saturated heterocycles. The number of amides is 2. The third-order valence-electron chi connectivity index (χ3n) is 5.50. The first-order valence-corrected chi connectivity index (χ1v) is 9.40. The second-order valence-electron chi connectivity index (χ2n) is 7.70. The molecule has 1 N–H and O–H groups in total. The molecule has 0 spiro atoms. The van der Waals surface area contributed by atoms with Gasteiger partial charge in [-0.3, -0.25) is 4.68 Å². The molecule has 6 heteroatoms. The van der Waals surface area contributed by atoms with Crippen LogP contribution in [0.15, 0.2) is 12.4 Å². The van der Waals surface area contributed by atoms with Gasteiger partial charge in [0.25, 0.3) is 0 Å². The van der Waals surface area contributed by atoms with Crippen molar-refractivity contribution in [2.24, 2.45) is 11.8 Å². The Labute approximate surface area is 143 Å². The molecular formula is C18H28N4O2. The van der Waals surface area contributed by atoms with E-state index < -0.39 is 0 Å². The Morgan fingerprint density at radius 2 is 2.21 bits per heavy atom. The maximum atomic E-state index is 12.5. The van der Waals surface area contributed by atoms with E-state index in [9.17, 15) is 4.79 Å². The molecule has 3 fully saturated rings. The number of likely N-dealkylation sites (tertiary alicyclic amines) is 1. The van der Waals surface area contributed by atoms with Crippen molar-refractivity contribution in [2.75, 3.05) is 25.0 Å². The van der Waals surface area contributed by atoms with Gasteiger partial charge in [-0.05, 0) is 57.3 Å². The van der Waals surface area contributed by atoms with Crippen molar-refractivity contribution >= 4 is 11.7 Å². The molecule has 1 aromatic rings. The van der Waals surface area contributed by atoms with Crippen LogP contribution < -0.4 is 5.32 Å². The summed E-state index contributed by atoms with van der Waals surface area (Å²) >= 11 is 0. The molecule has 0 radical (unpaired) electrons. The lowest BCUT2D eigenvalue weighted by molar-refractivity contribution is 0.00597. The molecule has 24 heavy (non-hydrogen) atoms.